The van der Waals surface area contributed by atoms with Crippen LogP contribution in [0.1, 0.15) is 27.4 Å². The molecule has 2 aromatic carbocycles. The summed E-state index contributed by atoms with van der Waals surface area (Å²) in [7, 11) is 0. The van der Waals surface area contributed by atoms with Crippen LogP contribution in [0.2, 0.25) is 0 Å². The monoisotopic (exact) mass is 308 g/mol. The van der Waals surface area contributed by atoms with Crippen LogP contribution >= 0.6 is 0 Å². The van der Waals surface area contributed by atoms with Gasteiger partial charge in [0.15, 0.2) is 6.61 Å². The quantitative estimate of drug-likeness (QED) is 0.672. The first-order chi connectivity index (χ1) is 11.2. The predicted molar refractivity (Wildman–Crippen MR) is 85.4 cm³/mol. The van der Waals surface area contributed by atoms with E-state index in [2.05, 4.69) is 17.1 Å². The van der Waals surface area contributed by atoms with Gasteiger partial charge in [0.25, 0.3) is 5.89 Å². The Morgan fingerprint density at radius 3 is 2.78 bits per heavy atom. The van der Waals surface area contributed by atoms with Gasteiger partial charge < -0.3 is 9.26 Å². The molecule has 3 aromatic rings. The summed E-state index contributed by atoms with van der Waals surface area (Å²) in [4.78, 5) is 15.1. The van der Waals surface area contributed by atoms with Gasteiger partial charge in [-0.05, 0) is 43.2 Å². The maximum atomic E-state index is 10.7. The first kappa shape index (κ1) is 15.0. The van der Waals surface area contributed by atoms with E-state index in [9.17, 15) is 4.79 Å². The highest BCUT2D eigenvalue weighted by Crippen LogP contribution is 2.20. The third-order valence-electron chi connectivity index (χ3n) is 3.59. The molecule has 0 aliphatic rings. The number of aldehydes is 1. The number of carbonyl (C=O) groups is 1. The molecule has 0 unspecified atom stereocenters. The van der Waals surface area contributed by atoms with Crippen molar-refractivity contribution in [1.82, 2.24) is 10.1 Å². The largest absolute Gasteiger partial charge is 0.484 e. The maximum absolute atomic E-state index is 10.7. The third kappa shape index (κ3) is 3.45. The summed E-state index contributed by atoms with van der Waals surface area (Å²) < 4.78 is 10.8. The van der Waals surface area contributed by atoms with Gasteiger partial charge in [-0.25, -0.2) is 0 Å². The number of nitrogens with zero attached hydrogens (tertiary/aromatic N) is 2. The molecule has 1 heterocycles. The lowest BCUT2D eigenvalue weighted by atomic mass is 10.1. The zero-order valence-electron chi connectivity index (χ0n) is 12.9. The number of benzene rings is 2. The highest BCUT2D eigenvalue weighted by Gasteiger charge is 2.10. The number of hydrogen-bond donors (Lipinski definition) is 0. The minimum absolute atomic E-state index is 0.153. The first-order valence-electron chi connectivity index (χ1n) is 7.24. The van der Waals surface area contributed by atoms with Crippen molar-refractivity contribution in [2.75, 3.05) is 0 Å². The second-order valence-corrected chi connectivity index (χ2v) is 5.29. The van der Waals surface area contributed by atoms with Crippen LogP contribution in [0, 0.1) is 13.8 Å². The molecule has 23 heavy (non-hydrogen) atoms. The third-order valence-corrected chi connectivity index (χ3v) is 3.59. The van der Waals surface area contributed by atoms with E-state index in [1.807, 2.05) is 25.1 Å². The van der Waals surface area contributed by atoms with Crippen LogP contribution in [0.25, 0.3) is 11.4 Å². The van der Waals surface area contributed by atoms with E-state index in [0.29, 0.717) is 23.0 Å². The lowest BCUT2D eigenvalue weighted by Crippen LogP contribution is -1.96. The molecule has 0 saturated heterocycles. The van der Waals surface area contributed by atoms with E-state index in [1.54, 1.807) is 24.3 Å². The summed E-state index contributed by atoms with van der Waals surface area (Å²) in [5, 5.41) is 3.98. The summed E-state index contributed by atoms with van der Waals surface area (Å²) in [6.45, 7) is 4.26. The number of aryl methyl sites for hydroxylation is 2. The van der Waals surface area contributed by atoms with E-state index < -0.39 is 0 Å². The van der Waals surface area contributed by atoms with E-state index in [1.165, 1.54) is 11.1 Å². The molecule has 3 rings (SSSR count). The Morgan fingerprint density at radius 1 is 1.13 bits per heavy atom. The van der Waals surface area contributed by atoms with Crippen molar-refractivity contribution >= 4 is 6.29 Å². The second-order valence-electron chi connectivity index (χ2n) is 5.29. The Bertz CT molecular complexity index is 840. The minimum Gasteiger partial charge on any atom is -0.484 e. The Morgan fingerprint density at radius 2 is 2.00 bits per heavy atom. The second kappa shape index (κ2) is 6.44. The number of ether oxygens (including phenoxy) is 1. The summed E-state index contributed by atoms with van der Waals surface area (Å²) in [6.07, 6.45) is 0.775. The molecular weight excluding hydrogens is 292 g/mol. The van der Waals surface area contributed by atoms with Crippen molar-refractivity contribution < 1.29 is 14.1 Å². The molecule has 0 fully saturated rings. The van der Waals surface area contributed by atoms with Crippen molar-refractivity contribution in [3.05, 3.63) is 65.0 Å². The standard InChI is InChI=1S/C18H16N2O3/c1-12-6-7-15(8-13(12)2)18-19-17(23-20-18)11-22-16-5-3-4-14(9-16)10-21/h3-10H,11H2,1-2H3. The molecule has 0 radical (unpaired) electrons. The molecule has 0 aliphatic heterocycles. The van der Waals surface area contributed by atoms with Crippen LogP contribution in [0.15, 0.2) is 47.0 Å². The molecule has 1 aromatic heterocycles. The van der Waals surface area contributed by atoms with Gasteiger partial charge in [0.05, 0.1) is 0 Å². The van der Waals surface area contributed by atoms with Gasteiger partial charge in [-0.2, -0.15) is 4.98 Å². The average molecular weight is 308 g/mol. The van der Waals surface area contributed by atoms with Gasteiger partial charge in [-0.15, -0.1) is 0 Å². The first-order valence-corrected chi connectivity index (χ1v) is 7.24. The summed E-state index contributed by atoms with van der Waals surface area (Å²) >= 11 is 0. The summed E-state index contributed by atoms with van der Waals surface area (Å²) in [6, 6.07) is 12.9. The highest BCUT2D eigenvalue weighted by atomic mass is 16.5. The van der Waals surface area contributed by atoms with Gasteiger partial charge in [0.1, 0.15) is 12.0 Å². The Balaban J connectivity index is 1.71. The Kier molecular flexibility index (Phi) is 4.19. The van der Waals surface area contributed by atoms with Crippen LogP contribution < -0.4 is 4.74 Å². The molecule has 0 N–H and O–H groups in total. The van der Waals surface area contributed by atoms with Crippen LogP contribution in [-0.2, 0) is 6.61 Å². The number of carbonyl (C=O) groups excluding carboxylic acids is 1. The fourth-order valence-electron chi connectivity index (χ4n) is 2.13. The van der Waals surface area contributed by atoms with Crippen molar-refractivity contribution in [2.24, 2.45) is 0 Å². The van der Waals surface area contributed by atoms with Crippen LogP contribution in [-0.4, -0.2) is 16.4 Å². The highest BCUT2D eigenvalue weighted by molar-refractivity contribution is 5.75. The predicted octanol–water partition coefficient (Wildman–Crippen LogP) is 3.74. The molecule has 116 valence electrons. The zero-order valence-corrected chi connectivity index (χ0v) is 12.9. The Hall–Kier alpha value is -2.95. The topological polar surface area (TPSA) is 65.2 Å². The van der Waals surface area contributed by atoms with Gasteiger partial charge in [-0.1, -0.05) is 29.4 Å². The van der Waals surface area contributed by atoms with E-state index in [4.69, 9.17) is 9.26 Å². The number of rotatable bonds is 5. The van der Waals surface area contributed by atoms with Gasteiger partial charge >= 0.3 is 0 Å². The fourth-order valence-corrected chi connectivity index (χ4v) is 2.13. The van der Waals surface area contributed by atoms with Crippen LogP contribution in [0.5, 0.6) is 5.75 Å². The van der Waals surface area contributed by atoms with E-state index in [0.717, 1.165) is 11.8 Å². The van der Waals surface area contributed by atoms with Crippen molar-refractivity contribution in [1.29, 1.82) is 0 Å². The van der Waals surface area contributed by atoms with E-state index >= 15 is 0 Å². The van der Waals surface area contributed by atoms with Crippen LogP contribution in [0.3, 0.4) is 0 Å². The SMILES string of the molecule is Cc1ccc(-c2noc(COc3cccc(C=O)c3)n2)cc1C. The molecule has 0 amide bonds. The van der Waals surface area contributed by atoms with Gasteiger partial charge in [0.2, 0.25) is 5.82 Å². The van der Waals surface area contributed by atoms with Crippen molar-refractivity contribution in [3.8, 4) is 17.1 Å². The molecule has 0 spiro atoms. The molecular formula is C18H16N2O3. The Labute approximate surface area is 133 Å². The molecule has 5 heteroatoms. The molecule has 0 aliphatic carbocycles. The van der Waals surface area contributed by atoms with E-state index in [-0.39, 0.29) is 6.61 Å². The normalized spacial score (nSPS) is 10.5. The smallest absolute Gasteiger partial charge is 0.264 e. The lowest BCUT2D eigenvalue weighted by molar-refractivity contribution is 0.112. The molecule has 0 saturated carbocycles. The number of hydrogen-bond acceptors (Lipinski definition) is 5. The molecule has 0 bridgehead atoms. The average Bonchev–Trinajstić information content (AvgIpc) is 3.05. The van der Waals surface area contributed by atoms with Gasteiger partial charge in [-0.3, -0.25) is 4.79 Å². The maximum Gasteiger partial charge on any atom is 0.264 e. The lowest BCUT2D eigenvalue weighted by Gasteiger charge is -2.03. The number of aromatic nitrogens is 2. The summed E-state index contributed by atoms with van der Waals surface area (Å²) in [5.74, 6) is 1.50. The van der Waals surface area contributed by atoms with Gasteiger partial charge in [0, 0.05) is 11.1 Å². The molecule has 0 atom stereocenters. The fraction of sp³-hybridized carbons (Fsp3) is 0.167. The molecule has 5 nitrogen and oxygen atoms in total. The summed E-state index contributed by atoms with van der Waals surface area (Å²) in [5.41, 5.74) is 3.86. The van der Waals surface area contributed by atoms with Crippen molar-refractivity contribution in [2.45, 2.75) is 20.5 Å². The van der Waals surface area contributed by atoms with Crippen molar-refractivity contribution in [3.63, 3.8) is 0 Å². The zero-order chi connectivity index (χ0) is 16.2. The minimum atomic E-state index is 0.153. The van der Waals surface area contributed by atoms with Crippen LogP contribution in [0.4, 0.5) is 0 Å².